The molecule has 0 atom stereocenters. The Bertz CT molecular complexity index is 742. The van der Waals surface area contributed by atoms with Gasteiger partial charge in [0.2, 0.25) is 11.0 Å². The van der Waals surface area contributed by atoms with Crippen LogP contribution in [-0.4, -0.2) is 58.8 Å². The molecule has 2 N–H and O–H groups in total. The fourth-order valence-corrected chi connectivity index (χ4v) is 4.15. The molecule has 1 saturated heterocycles. The van der Waals surface area contributed by atoms with Crippen molar-refractivity contribution in [2.45, 2.75) is 4.34 Å². The standard InChI is InChI=1S/C13H14BrN5O3S2/c14-9-2-1-8(22-9)11(21)18-3-5-19(6-4-18)12-16-17-13(24-12)23-7-10(15)20/h1-2H,3-7H2,(H2,15,20). The van der Waals surface area contributed by atoms with Crippen LogP contribution in [0.1, 0.15) is 10.6 Å². The summed E-state index contributed by atoms with van der Waals surface area (Å²) in [5, 5.41) is 8.98. The number of rotatable bonds is 5. The zero-order valence-electron chi connectivity index (χ0n) is 12.5. The van der Waals surface area contributed by atoms with E-state index in [9.17, 15) is 9.59 Å². The van der Waals surface area contributed by atoms with E-state index < -0.39 is 0 Å². The number of nitrogens with zero attached hydrogens (tertiary/aromatic N) is 4. The summed E-state index contributed by atoms with van der Waals surface area (Å²) < 4.78 is 6.56. The maximum atomic E-state index is 12.3. The summed E-state index contributed by atoms with van der Waals surface area (Å²) in [5.74, 6) is 0.0236. The fourth-order valence-electron chi connectivity index (χ4n) is 2.21. The molecular weight excluding hydrogens is 418 g/mol. The van der Waals surface area contributed by atoms with Gasteiger partial charge in [0.1, 0.15) is 0 Å². The second-order valence-corrected chi connectivity index (χ2v) is 7.95. The van der Waals surface area contributed by atoms with Gasteiger partial charge in [0.15, 0.2) is 14.8 Å². The molecule has 3 heterocycles. The van der Waals surface area contributed by atoms with Crippen LogP contribution in [0.25, 0.3) is 0 Å². The molecule has 8 nitrogen and oxygen atoms in total. The van der Waals surface area contributed by atoms with Crippen LogP contribution in [0.4, 0.5) is 5.13 Å². The number of halogens is 1. The topological polar surface area (TPSA) is 106 Å². The highest BCUT2D eigenvalue weighted by Crippen LogP contribution is 2.28. The average Bonchev–Trinajstić information content (AvgIpc) is 3.21. The lowest BCUT2D eigenvalue weighted by atomic mass is 10.3. The largest absolute Gasteiger partial charge is 0.444 e. The summed E-state index contributed by atoms with van der Waals surface area (Å²) in [4.78, 5) is 27.0. The molecule has 0 aliphatic carbocycles. The summed E-state index contributed by atoms with van der Waals surface area (Å²) in [6.45, 7) is 2.51. The Balaban J connectivity index is 1.55. The van der Waals surface area contributed by atoms with E-state index in [1.807, 2.05) is 0 Å². The number of carbonyl (C=O) groups is 2. The average molecular weight is 432 g/mol. The van der Waals surface area contributed by atoms with Gasteiger partial charge in [0, 0.05) is 26.2 Å². The van der Waals surface area contributed by atoms with Crippen molar-refractivity contribution in [2.24, 2.45) is 5.73 Å². The van der Waals surface area contributed by atoms with Crippen LogP contribution in [-0.2, 0) is 4.79 Å². The summed E-state index contributed by atoms with van der Waals surface area (Å²) in [7, 11) is 0. The smallest absolute Gasteiger partial charge is 0.289 e. The Morgan fingerprint density at radius 1 is 1.29 bits per heavy atom. The van der Waals surface area contributed by atoms with Crippen molar-refractivity contribution in [3.8, 4) is 0 Å². The minimum absolute atomic E-state index is 0.115. The molecular formula is C13H14BrN5O3S2. The van der Waals surface area contributed by atoms with Crippen LogP contribution in [0.2, 0.25) is 0 Å². The van der Waals surface area contributed by atoms with E-state index >= 15 is 0 Å². The molecule has 0 unspecified atom stereocenters. The number of thioether (sulfide) groups is 1. The molecule has 11 heteroatoms. The minimum atomic E-state index is -0.381. The molecule has 24 heavy (non-hydrogen) atoms. The van der Waals surface area contributed by atoms with Crippen molar-refractivity contribution in [3.05, 3.63) is 22.6 Å². The van der Waals surface area contributed by atoms with E-state index in [2.05, 4.69) is 31.0 Å². The number of piperazine rings is 1. The molecule has 0 saturated carbocycles. The van der Waals surface area contributed by atoms with Crippen LogP contribution in [0, 0.1) is 0 Å². The first-order chi connectivity index (χ1) is 11.5. The second kappa shape index (κ2) is 7.53. The molecule has 2 aromatic rings. The zero-order chi connectivity index (χ0) is 17.1. The van der Waals surface area contributed by atoms with Gasteiger partial charge < -0.3 is 20.0 Å². The van der Waals surface area contributed by atoms with Gasteiger partial charge in [-0.3, -0.25) is 9.59 Å². The first kappa shape index (κ1) is 17.2. The number of anilines is 1. The number of amides is 2. The van der Waals surface area contributed by atoms with Crippen LogP contribution in [0.5, 0.6) is 0 Å². The number of aromatic nitrogens is 2. The lowest BCUT2D eigenvalue weighted by molar-refractivity contribution is -0.115. The highest BCUT2D eigenvalue weighted by molar-refractivity contribution is 9.10. The first-order valence-corrected chi connectivity index (χ1v) is 9.66. The highest BCUT2D eigenvalue weighted by atomic mass is 79.9. The zero-order valence-corrected chi connectivity index (χ0v) is 15.7. The summed E-state index contributed by atoms with van der Waals surface area (Å²) in [5.41, 5.74) is 5.12. The molecule has 128 valence electrons. The number of carbonyl (C=O) groups excluding carboxylic acids is 2. The maximum Gasteiger partial charge on any atom is 0.289 e. The second-order valence-electron chi connectivity index (χ2n) is 4.99. The Hall–Kier alpha value is -1.59. The number of hydrogen-bond donors (Lipinski definition) is 1. The minimum Gasteiger partial charge on any atom is -0.444 e. The monoisotopic (exact) mass is 431 g/mol. The van der Waals surface area contributed by atoms with E-state index in [1.54, 1.807) is 17.0 Å². The van der Waals surface area contributed by atoms with E-state index in [-0.39, 0.29) is 17.6 Å². The predicted molar refractivity (Wildman–Crippen MR) is 94.4 cm³/mol. The normalized spacial score (nSPS) is 14.9. The predicted octanol–water partition coefficient (Wildman–Crippen LogP) is 1.43. The van der Waals surface area contributed by atoms with Crippen molar-refractivity contribution in [1.29, 1.82) is 0 Å². The molecule has 0 radical (unpaired) electrons. The van der Waals surface area contributed by atoms with Gasteiger partial charge in [-0.2, -0.15) is 0 Å². The number of primary amides is 1. The summed E-state index contributed by atoms with van der Waals surface area (Å²) >= 11 is 5.90. The van der Waals surface area contributed by atoms with Gasteiger partial charge >= 0.3 is 0 Å². The molecule has 2 aromatic heterocycles. The third-order valence-corrected chi connectivity index (χ3v) is 5.92. The lowest BCUT2D eigenvalue weighted by Gasteiger charge is -2.33. The third-order valence-electron chi connectivity index (χ3n) is 3.36. The summed E-state index contributed by atoms with van der Waals surface area (Å²) in [6, 6.07) is 3.36. The van der Waals surface area contributed by atoms with Gasteiger partial charge in [0.25, 0.3) is 5.91 Å². The molecule has 0 spiro atoms. The van der Waals surface area contributed by atoms with Gasteiger partial charge in [-0.1, -0.05) is 23.1 Å². The molecule has 0 bridgehead atoms. The van der Waals surface area contributed by atoms with Gasteiger partial charge in [-0.25, -0.2) is 0 Å². The molecule has 3 rings (SSSR count). The number of hydrogen-bond acceptors (Lipinski definition) is 8. The summed E-state index contributed by atoms with van der Waals surface area (Å²) in [6.07, 6.45) is 0. The molecule has 0 aromatic carbocycles. The van der Waals surface area contributed by atoms with E-state index in [1.165, 1.54) is 23.1 Å². The van der Waals surface area contributed by atoms with Crippen molar-refractivity contribution >= 4 is 56.0 Å². The van der Waals surface area contributed by atoms with E-state index in [0.29, 0.717) is 40.9 Å². The van der Waals surface area contributed by atoms with Crippen LogP contribution in [0.3, 0.4) is 0 Å². The molecule has 1 aliphatic heterocycles. The number of nitrogens with two attached hydrogens (primary N) is 1. The Labute approximate surface area is 154 Å². The maximum absolute atomic E-state index is 12.3. The number of furan rings is 1. The molecule has 2 amide bonds. The van der Waals surface area contributed by atoms with E-state index in [0.717, 1.165) is 5.13 Å². The molecule has 1 fully saturated rings. The Morgan fingerprint density at radius 3 is 2.67 bits per heavy atom. The van der Waals surface area contributed by atoms with Crippen LogP contribution >= 0.6 is 39.0 Å². The van der Waals surface area contributed by atoms with Crippen LogP contribution < -0.4 is 10.6 Å². The van der Waals surface area contributed by atoms with Crippen molar-refractivity contribution in [3.63, 3.8) is 0 Å². The van der Waals surface area contributed by atoms with Crippen molar-refractivity contribution in [1.82, 2.24) is 15.1 Å². The van der Waals surface area contributed by atoms with Crippen molar-refractivity contribution in [2.75, 3.05) is 36.8 Å². The molecule has 1 aliphatic rings. The Morgan fingerprint density at radius 2 is 2.04 bits per heavy atom. The van der Waals surface area contributed by atoms with Gasteiger partial charge in [0.05, 0.1) is 5.75 Å². The SMILES string of the molecule is NC(=O)CSc1nnc(N2CCN(C(=O)c3ccc(Br)o3)CC2)s1. The fraction of sp³-hybridized carbons (Fsp3) is 0.385. The van der Waals surface area contributed by atoms with Gasteiger partial charge in [-0.05, 0) is 28.1 Å². The lowest BCUT2D eigenvalue weighted by Crippen LogP contribution is -2.48. The first-order valence-electron chi connectivity index (χ1n) is 7.07. The Kier molecular flexibility index (Phi) is 5.41. The van der Waals surface area contributed by atoms with Crippen LogP contribution in [0.15, 0.2) is 25.6 Å². The van der Waals surface area contributed by atoms with E-state index in [4.69, 9.17) is 10.2 Å². The van der Waals surface area contributed by atoms with Gasteiger partial charge in [-0.15, -0.1) is 10.2 Å². The third kappa shape index (κ3) is 4.08. The van der Waals surface area contributed by atoms with Crippen molar-refractivity contribution < 1.29 is 14.0 Å². The quantitative estimate of drug-likeness (QED) is 0.713. The highest BCUT2D eigenvalue weighted by Gasteiger charge is 2.25.